The highest BCUT2D eigenvalue weighted by Gasteiger charge is 2.11. The largest absolute Gasteiger partial charge is 0.427 e. The van der Waals surface area contributed by atoms with Crippen LogP contribution >= 0.6 is 0 Å². The summed E-state index contributed by atoms with van der Waals surface area (Å²) in [7, 11) is 0. The summed E-state index contributed by atoms with van der Waals surface area (Å²) in [5.41, 5.74) is 7.79. The lowest BCUT2D eigenvalue weighted by molar-refractivity contribution is 0.587. The lowest BCUT2D eigenvalue weighted by Gasteiger charge is -2.02. The number of anilines is 1. The Balaban J connectivity index is 2.69. The van der Waals surface area contributed by atoms with Gasteiger partial charge >= 0.3 is 0 Å². The molecule has 0 atom stereocenters. The normalized spacial score (nSPS) is 10.8. The van der Waals surface area contributed by atoms with E-state index < -0.39 is 0 Å². The van der Waals surface area contributed by atoms with Crippen molar-refractivity contribution in [2.24, 2.45) is 0 Å². The van der Waals surface area contributed by atoms with Crippen molar-refractivity contribution < 1.29 is 4.42 Å². The lowest BCUT2D eigenvalue weighted by Crippen LogP contribution is -1.91. The van der Waals surface area contributed by atoms with Crippen LogP contribution in [0.25, 0.3) is 11.1 Å². The van der Waals surface area contributed by atoms with Gasteiger partial charge in [0.1, 0.15) is 0 Å². The minimum Gasteiger partial charge on any atom is -0.427 e. The first kappa shape index (κ1) is 9.60. The Morgan fingerprint density at radius 2 is 2.20 bits per heavy atom. The summed E-state index contributed by atoms with van der Waals surface area (Å²) in [6.45, 7) is 4.14. The monoisotopic (exact) mass is 200 g/mol. The fourth-order valence-corrected chi connectivity index (χ4v) is 1.44. The molecule has 0 amide bonds. The van der Waals surface area contributed by atoms with Crippen LogP contribution in [-0.4, -0.2) is 4.98 Å². The molecule has 2 aromatic rings. The third-order valence-electron chi connectivity index (χ3n) is 2.34. The van der Waals surface area contributed by atoms with E-state index >= 15 is 0 Å². The first-order valence-corrected chi connectivity index (χ1v) is 4.79. The Hall–Kier alpha value is -1.95. The highest BCUT2D eigenvalue weighted by molar-refractivity contribution is 5.90. The van der Waals surface area contributed by atoms with Gasteiger partial charge in [-0.2, -0.15) is 0 Å². The average molecular weight is 200 g/mol. The van der Waals surface area contributed by atoms with E-state index in [4.69, 9.17) is 16.6 Å². The molecule has 0 fully saturated rings. The van der Waals surface area contributed by atoms with Gasteiger partial charge in [-0.1, -0.05) is 13.8 Å². The van der Waals surface area contributed by atoms with Crippen molar-refractivity contribution >= 4 is 16.8 Å². The van der Waals surface area contributed by atoms with Crippen LogP contribution in [0.1, 0.15) is 31.2 Å². The molecule has 2 aromatic heterocycles. The van der Waals surface area contributed by atoms with Gasteiger partial charge in [-0.3, -0.25) is 0 Å². The molecule has 3 nitrogen and oxygen atoms in total. The molecule has 2 N–H and O–H groups in total. The summed E-state index contributed by atoms with van der Waals surface area (Å²) < 4.78 is 5.37. The molecular weight excluding hydrogens is 188 g/mol. The van der Waals surface area contributed by atoms with Gasteiger partial charge in [0, 0.05) is 5.69 Å². The van der Waals surface area contributed by atoms with Gasteiger partial charge in [-0.05, 0) is 24.0 Å². The van der Waals surface area contributed by atoms with Crippen LogP contribution in [0.4, 0.5) is 5.69 Å². The van der Waals surface area contributed by atoms with Crippen molar-refractivity contribution in [3.8, 4) is 12.3 Å². The van der Waals surface area contributed by atoms with Gasteiger partial charge in [0.05, 0.1) is 11.1 Å². The fourth-order valence-electron chi connectivity index (χ4n) is 1.44. The molecule has 0 saturated carbocycles. The Bertz CT molecular complexity index is 546. The number of rotatable bonds is 1. The third kappa shape index (κ3) is 1.44. The topological polar surface area (TPSA) is 52.0 Å². The Morgan fingerprint density at radius 1 is 1.47 bits per heavy atom. The van der Waals surface area contributed by atoms with Gasteiger partial charge in [0.2, 0.25) is 11.5 Å². The summed E-state index contributed by atoms with van der Waals surface area (Å²) in [5.74, 6) is 3.12. The number of hydrogen-bond donors (Lipinski definition) is 1. The molecule has 0 radical (unpaired) electrons. The zero-order chi connectivity index (χ0) is 11.0. The van der Waals surface area contributed by atoms with Gasteiger partial charge < -0.3 is 10.2 Å². The molecule has 3 heteroatoms. The highest BCUT2D eigenvalue weighted by atomic mass is 16.3. The van der Waals surface area contributed by atoms with Crippen molar-refractivity contribution in [1.29, 1.82) is 0 Å². The summed E-state index contributed by atoms with van der Waals surface area (Å²) >= 11 is 0. The molecule has 0 spiro atoms. The summed E-state index contributed by atoms with van der Waals surface area (Å²) in [5, 5.41) is 0.785. The van der Waals surface area contributed by atoms with E-state index in [-0.39, 0.29) is 0 Å². The molecule has 2 heterocycles. The van der Waals surface area contributed by atoms with E-state index in [1.54, 1.807) is 0 Å². The van der Waals surface area contributed by atoms with Crippen molar-refractivity contribution in [3.05, 3.63) is 23.6 Å². The van der Waals surface area contributed by atoms with Gasteiger partial charge in [-0.15, -0.1) is 6.42 Å². The Kier molecular flexibility index (Phi) is 2.12. The van der Waals surface area contributed by atoms with Gasteiger partial charge in [0.25, 0.3) is 0 Å². The minimum absolute atomic E-state index is 0.356. The first-order chi connectivity index (χ1) is 7.13. The number of furan rings is 1. The molecule has 0 aliphatic rings. The van der Waals surface area contributed by atoms with Crippen molar-refractivity contribution in [2.75, 3.05) is 5.73 Å². The predicted octanol–water partition coefficient (Wildman–Crippen LogP) is 2.51. The third-order valence-corrected chi connectivity index (χ3v) is 2.34. The number of pyridine rings is 1. The molecule has 0 bridgehead atoms. The molecule has 0 aliphatic heterocycles. The quantitative estimate of drug-likeness (QED) is 0.719. The molecule has 2 rings (SSSR count). The second kappa shape index (κ2) is 3.32. The number of hydrogen-bond acceptors (Lipinski definition) is 3. The number of fused-ring (bicyclic) bond motifs is 1. The van der Waals surface area contributed by atoms with Gasteiger partial charge in [-0.25, -0.2) is 4.98 Å². The van der Waals surface area contributed by atoms with Crippen LogP contribution < -0.4 is 5.73 Å². The molecule has 0 aromatic carbocycles. The number of terminal acetylenes is 1. The number of nitrogen functional groups attached to an aromatic ring is 1. The maximum absolute atomic E-state index is 5.80. The number of aromatic nitrogens is 1. The average Bonchev–Trinajstić information content (AvgIpc) is 2.55. The van der Waals surface area contributed by atoms with E-state index in [1.807, 2.05) is 12.1 Å². The first-order valence-electron chi connectivity index (χ1n) is 4.79. The zero-order valence-corrected chi connectivity index (χ0v) is 8.74. The minimum atomic E-state index is 0.356. The summed E-state index contributed by atoms with van der Waals surface area (Å²) in [6, 6.07) is 3.84. The van der Waals surface area contributed by atoms with E-state index in [1.165, 1.54) is 0 Å². The molecule has 76 valence electrons. The highest BCUT2D eigenvalue weighted by Crippen LogP contribution is 2.27. The lowest BCUT2D eigenvalue weighted by atomic mass is 10.1. The van der Waals surface area contributed by atoms with E-state index in [9.17, 15) is 0 Å². The number of nitrogens with zero attached hydrogens (tertiary/aromatic N) is 1. The van der Waals surface area contributed by atoms with E-state index in [0.29, 0.717) is 23.1 Å². The van der Waals surface area contributed by atoms with E-state index in [0.717, 1.165) is 11.1 Å². The SMILES string of the molecule is C#Cc1oc2nc(C(C)C)ccc2c1N. The van der Waals surface area contributed by atoms with Gasteiger partial charge in [0.15, 0.2) is 0 Å². The molecule has 0 saturated heterocycles. The Labute approximate surface area is 88.3 Å². The van der Waals surface area contributed by atoms with Crippen LogP contribution in [0.2, 0.25) is 0 Å². The molecule has 0 unspecified atom stereocenters. The van der Waals surface area contributed by atoms with E-state index in [2.05, 4.69) is 24.8 Å². The van der Waals surface area contributed by atoms with Crippen LogP contribution in [0.5, 0.6) is 0 Å². The zero-order valence-electron chi connectivity index (χ0n) is 8.74. The fraction of sp³-hybridized carbons (Fsp3) is 0.250. The predicted molar refractivity (Wildman–Crippen MR) is 60.4 cm³/mol. The second-order valence-electron chi connectivity index (χ2n) is 3.73. The number of nitrogens with two attached hydrogens (primary N) is 1. The molecule has 0 aliphatic carbocycles. The van der Waals surface area contributed by atoms with Crippen LogP contribution in [0.3, 0.4) is 0 Å². The summed E-state index contributed by atoms with van der Waals surface area (Å²) in [4.78, 5) is 4.36. The van der Waals surface area contributed by atoms with Crippen LogP contribution in [0, 0.1) is 12.3 Å². The van der Waals surface area contributed by atoms with Crippen LogP contribution in [0.15, 0.2) is 16.5 Å². The maximum Gasteiger partial charge on any atom is 0.230 e. The summed E-state index contributed by atoms with van der Waals surface area (Å²) in [6.07, 6.45) is 5.26. The standard InChI is InChI=1S/C12H12N2O/c1-4-10-11(13)8-5-6-9(7(2)3)14-12(8)15-10/h1,5-7H,13H2,2-3H3. The molecular formula is C12H12N2O. The molecule has 15 heavy (non-hydrogen) atoms. The Morgan fingerprint density at radius 3 is 2.80 bits per heavy atom. The maximum atomic E-state index is 5.80. The van der Waals surface area contributed by atoms with Crippen molar-refractivity contribution in [2.45, 2.75) is 19.8 Å². The van der Waals surface area contributed by atoms with Crippen LogP contribution in [-0.2, 0) is 0 Å². The smallest absolute Gasteiger partial charge is 0.230 e. The van der Waals surface area contributed by atoms with Crippen molar-refractivity contribution in [3.63, 3.8) is 0 Å². The second-order valence-corrected chi connectivity index (χ2v) is 3.73. The van der Waals surface area contributed by atoms with Crippen molar-refractivity contribution in [1.82, 2.24) is 4.98 Å².